The van der Waals surface area contributed by atoms with Crippen molar-refractivity contribution in [2.75, 3.05) is 11.9 Å². The van der Waals surface area contributed by atoms with Crippen LogP contribution in [0.3, 0.4) is 0 Å². The minimum absolute atomic E-state index is 0.0699. The molecule has 2 N–H and O–H groups in total. The number of anilines is 1. The van der Waals surface area contributed by atoms with Gasteiger partial charge in [-0.25, -0.2) is 0 Å². The van der Waals surface area contributed by atoms with Gasteiger partial charge >= 0.3 is 0 Å². The van der Waals surface area contributed by atoms with E-state index in [1.807, 2.05) is 30.7 Å². The minimum atomic E-state index is -0.160. The summed E-state index contributed by atoms with van der Waals surface area (Å²) in [6.07, 6.45) is 1.62. The van der Waals surface area contributed by atoms with Crippen molar-refractivity contribution in [3.05, 3.63) is 41.4 Å². The molecule has 0 saturated carbocycles. The Kier molecular flexibility index (Phi) is 4.70. The number of hydrogen-bond donors (Lipinski definition) is 2. The zero-order valence-electron chi connectivity index (χ0n) is 11.3. The van der Waals surface area contributed by atoms with Gasteiger partial charge in [0.25, 0.3) is 0 Å². The quantitative estimate of drug-likeness (QED) is 0.881. The number of para-hydroxylation sites is 1. The van der Waals surface area contributed by atoms with Gasteiger partial charge in [-0.1, -0.05) is 23.7 Å². The molecule has 1 amide bonds. The number of carbonyl (C=O) groups is 1. The molecule has 1 aromatic heterocycles. The van der Waals surface area contributed by atoms with Crippen LogP contribution in [0.1, 0.15) is 18.8 Å². The molecule has 1 aromatic carbocycles. The molecular weight excluding hydrogens is 278 g/mol. The smallest absolute Gasteiger partial charge is 0.238 e. The number of aryl methyl sites for hydroxylation is 1. The third-order valence-corrected chi connectivity index (χ3v) is 3.18. The maximum atomic E-state index is 11.8. The van der Waals surface area contributed by atoms with Crippen LogP contribution < -0.4 is 10.6 Å². The minimum Gasteiger partial charge on any atom is -0.324 e. The molecule has 0 radical (unpaired) electrons. The van der Waals surface area contributed by atoms with Crippen LogP contribution in [0.4, 0.5) is 5.69 Å². The lowest BCUT2D eigenvalue weighted by atomic mass is 10.3. The Morgan fingerprint density at radius 3 is 2.85 bits per heavy atom. The number of amides is 1. The van der Waals surface area contributed by atoms with Gasteiger partial charge in [0.05, 0.1) is 23.3 Å². The van der Waals surface area contributed by atoms with E-state index in [-0.39, 0.29) is 18.5 Å². The van der Waals surface area contributed by atoms with Crippen molar-refractivity contribution in [2.45, 2.75) is 13.0 Å². The van der Waals surface area contributed by atoms with E-state index in [9.17, 15) is 4.79 Å². The Hall–Kier alpha value is -1.92. The first-order valence-corrected chi connectivity index (χ1v) is 6.57. The first-order valence-electron chi connectivity index (χ1n) is 6.19. The molecule has 1 atom stereocenters. The number of aromatic nitrogens is 3. The van der Waals surface area contributed by atoms with Gasteiger partial charge in [0.2, 0.25) is 5.91 Å². The van der Waals surface area contributed by atoms with Crippen LogP contribution in [-0.2, 0) is 11.8 Å². The highest BCUT2D eigenvalue weighted by molar-refractivity contribution is 6.33. The highest BCUT2D eigenvalue weighted by Crippen LogP contribution is 2.20. The predicted octanol–water partition coefficient (Wildman–Crippen LogP) is 1.76. The van der Waals surface area contributed by atoms with Crippen LogP contribution >= 0.6 is 11.6 Å². The Morgan fingerprint density at radius 1 is 1.45 bits per heavy atom. The Bertz CT molecular complexity index is 598. The molecule has 106 valence electrons. The Labute approximate surface area is 122 Å². The van der Waals surface area contributed by atoms with Gasteiger partial charge in [-0.15, -0.1) is 10.2 Å². The Balaban J connectivity index is 1.87. The topological polar surface area (TPSA) is 71.8 Å². The number of nitrogens with zero attached hydrogens (tertiary/aromatic N) is 3. The van der Waals surface area contributed by atoms with E-state index in [0.717, 1.165) is 5.82 Å². The molecule has 0 bridgehead atoms. The van der Waals surface area contributed by atoms with Gasteiger partial charge in [0.15, 0.2) is 0 Å². The maximum absolute atomic E-state index is 11.8. The molecule has 1 heterocycles. The van der Waals surface area contributed by atoms with Crippen LogP contribution in [0.2, 0.25) is 5.02 Å². The maximum Gasteiger partial charge on any atom is 0.238 e. The van der Waals surface area contributed by atoms with E-state index in [4.69, 9.17) is 11.6 Å². The molecule has 1 unspecified atom stereocenters. The van der Waals surface area contributed by atoms with Crippen molar-refractivity contribution >= 4 is 23.2 Å². The van der Waals surface area contributed by atoms with Crippen LogP contribution in [0.5, 0.6) is 0 Å². The van der Waals surface area contributed by atoms with Crippen molar-refractivity contribution in [3.8, 4) is 0 Å². The van der Waals surface area contributed by atoms with Gasteiger partial charge < -0.3 is 9.88 Å². The number of halogens is 1. The summed E-state index contributed by atoms with van der Waals surface area (Å²) in [4.78, 5) is 11.8. The summed E-state index contributed by atoms with van der Waals surface area (Å²) in [5.41, 5.74) is 0.604. The fourth-order valence-electron chi connectivity index (χ4n) is 1.78. The molecule has 7 heteroatoms. The fraction of sp³-hybridized carbons (Fsp3) is 0.308. The highest BCUT2D eigenvalue weighted by Gasteiger charge is 2.12. The SMILES string of the molecule is CC(NCC(=O)Nc1ccccc1Cl)c1nncn1C. The average molecular weight is 294 g/mol. The molecule has 0 aliphatic rings. The predicted molar refractivity (Wildman–Crippen MR) is 77.5 cm³/mol. The largest absolute Gasteiger partial charge is 0.324 e. The lowest BCUT2D eigenvalue weighted by Crippen LogP contribution is -2.31. The second-order valence-corrected chi connectivity index (χ2v) is 4.84. The molecule has 6 nitrogen and oxygen atoms in total. The third-order valence-electron chi connectivity index (χ3n) is 2.85. The van der Waals surface area contributed by atoms with Gasteiger partial charge in [0.1, 0.15) is 12.2 Å². The summed E-state index contributed by atoms with van der Waals surface area (Å²) in [6, 6.07) is 7.04. The molecular formula is C13H16ClN5O. The summed E-state index contributed by atoms with van der Waals surface area (Å²) >= 11 is 5.98. The number of carbonyl (C=O) groups excluding carboxylic acids is 1. The van der Waals surface area contributed by atoms with E-state index >= 15 is 0 Å². The van der Waals surface area contributed by atoms with Crippen LogP contribution in [0.15, 0.2) is 30.6 Å². The summed E-state index contributed by atoms with van der Waals surface area (Å²) in [5, 5.41) is 14.1. The first kappa shape index (κ1) is 14.5. The van der Waals surface area contributed by atoms with E-state index in [2.05, 4.69) is 20.8 Å². The van der Waals surface area contributed by atoms with E-state index in [1.54, 1.807) is 18.5 Å². The van der Waals surface area contributed by atoms with Crippen molar-refractivity contribution in [2.24, 2.45) is 7.05 Å². The number of hydrogen-bond acceptors (Lipinski definition) is 4. The summed E-state index contributed by atoms with van der Waals surface area (Å²) in [5.74, 6) is 0.614. The molecule has 0 aliphatic heterocycles. The van der Waals surface area contributed by atoms with Crippen molar-refractivity contribution in [1.29, 1.82) is 0 Å². The lowest BCUT2D eigenvalue weighted by molar-refractivity contribution is -0.115. The third kappa shape index (κ3) is 3.55. The molecule has 0 fully saturated rings. The lowest BCUT2D eigenvalue weighted by Gasteiger charge is -2.13. The molecule has 0 aliphatic carbocycles. The zero-order valence-corrected chi connectivity index (χ0v) is 12.1. The molecule has 0 spiro atoms. The molecule has 2 rings (SSSR count). The molecule has 0 saturated heterocycles. The first-order chi connectivity index (χ1) is 9.58. The highest BCUT2D eigenvalue weighted by atomic mass is 35.5. The number of rotatable bonds is 5. The summed E-state index contributed by atoms with van der Waals surface area (Å²) < 4.78 is 1.81. The van der Waals surface area contributed by atoms with Crippen LogP contribution in [-0.4, -0.2) is 27.2 Å². The normalized spacial score (nSPS) is 12.2. The van der Waals surface area contributed by atoms with Gasteiger partial charge in [-0.05, 0) is 19.1 Å². The summed E-state index contributed by atoms with van der Waals surface area (Å²) in [6.45, 7) is 2.09. The van der Waals surface area contributed by atoms with Gasteiger partial charge in [-0.2, -0.15) is 0 Å². The number of benzene rings is 1. The van der Waals surface area contributed by atoms with E-state index < -0.39 is 0 Å². The monoisotopic (exact) mass is 293 g/mol. The van der Waals surface area contributed by atoms with Crippen molar-refractivity contribution in [3.63, 3.8) is 0 Å². The molecule has 2 aromatic rings. The van der Waals surface area contributed by atoms with Gasteiger partial charge in [-0.3, -0.25) is 10.1 Å². The van der Waals surface area contributed by atoms with Crippen LogP contribution in [0, 0.1) is 0 Å². The fourth-order valence-corrected chi connectivity index (χ4v) is 1.96. The van der Waals surface area contributed by atoms with Crippen molar-refractivity contribution in [1.82, 2.24) is 20.1 Å². The zero-order chi connectivity index (χ0) is 14.5. The standard InChI is InChI=1S/C13H16ClN5O/c1-9(13-18-16-8-19(13)2)15-7-12(20)17-11-6-4-3-5-10(11)14/h3-6,8-9,15H,7H2,1-2H3,(H,17,20). The van der Waals surface area contributed by atoms with E-state index in [0.29, 0.717) is 10.7 Å². The Morgan fingerprint density at radius 2 is 2.20 bits per heavy atom. The number of nitrogens with one attached hydrogen (secondary N) is 2. The van der Waals surface area contributed by atoms with E-state index in [1.165, 1.54) is 0 Å². The van der Waals surface area contributed by atoms with Gasteiger partial charge in [0, 0.05) is 7.05 Å². The van der Waals surface area contributed by atoms with Crippen LogP contribution in [0.25, 0.3) is 0 Å². The second kappa shape index (κ2) is 6.49. The summed E-state index contributed by atoms with van der Waals surface area (Å²) in [7, 11) is 1.86. The average Bonchev–Trinajstić information content (AvgIpc) is 2.85. The van der Waals surface area contributed by atoms with Crippen molar-refractivity contribution < 1.29 is 4.79 Å². The second-order valence-electron chi connectivity index (χ2n) is 4.43. The molecule has 20 heavy (non-hydrogen) atoms.